The van der Waals surface area contributed by atoms with Crippen LogP contribution in [0.5, 0.6) is 0 Å². The Balaban J connectivity index is 3.15. The molecule has 2 N–H and O–H groups in total. The van der Waals surface area contributed by atoms with Crippen LogP contribution in [0.4, 0.5) is 0 Å². The summed E-state index contributed by atoms with van der Waals surface area (Å²) in [6.45, 7) is 7.93. The average Bonchev–Trinajstić information content (AvgIpc) is 2.02. The fourth-order valence-corrected chi connectivity index (χ4v) is 1.14. The Morgan fingerprint density at radius 1 is 1.31 bits per heavy atom. The first-order chi connectivity index (χ1) is 5.95. The molecule has 0 bridgehead atoms. The van der Waals surface area contributed by atoms with Crippen LogP contribution < -0.4 is 5.73 Å². The number of hydrogen-bond donors (Lipinski definition) is 1. The van der Waals surface area contributed by atoms with Gasteiger partial charge in [0, 0.05) is 11.4 Å². The number of nitrogens with zero attached hydrogens (tertiary/aromatic N) is 2. The van der Waals surface area contributed by atoms with E-state index in [9.17, 15) is 0 Å². The van der Waals surface area contributed by atoms with E-state index in [1.54, 1.807) is 0 Å². The van der Waals surface area contributed by atoms with Crippen LogP contribution in [-0.2, 0) is 5.54 Å². The molecule has 1 rings (SSSR count). The number of nitrogens with two attached hydrogens (primary N) is 1. The van der Waals surface area contributed by atoms with E-state index in [4.69, 9.17) is 5.73 Å². The van der Waals surface area contributed by atoms with Gasteiger partial charge in [0.05, 0.1) is 5.54 Å². The van der Waals surface area contributed by atoms with Crippen LogP contribution in [0.1, 0.15) is 37.5 Å². The normalized spacial score (nSPS) is 15.5. The van der Waals surface area contributed by atoms with E-state index in [0.717, 1.165) is 23.6 Å². The SMILES string of the molecule is CCC(C)(N)c1nc(C)cc(C)n1. The maximum atomic E-state index is 6.05. The molecule has 0 aliphatic heterocycles. The third-order valence-electron chi connectivity index (χ3n) is 2.23. The molecule has 3 heteroatoms. The second-order valence-electron chi connectivity index (χ2n) is 3.75. The fourth-order valence-electron chi connectivity index (χ4n) is 1.14. The van der Waals surface area contributed by atoms with Gasteiger partial charge in [0.25, 0.3) is 0 Å². The minimum absolute atomic E-state index is 0.406. The van der Waals surface area contributed by atoms with Crippen LogP contribution in [0, 0.1) is 13.8 Å². The maximum absolute atomic E-state index is 6.05. The van der Waals surface area contributed by atoms with Crippen molar-refractivity contribution in [3.8, 4) is 0 Å². The van der Waals surface area contributed by atoms with Crippen molar-refractivity contribution in [2.24, 2.45) is 5.73 Å². The van der Waals surface area contributed by atoms with Crippen molar-refractivity contribution < 1.29 is 0 Å². The van der Waals surface area contributed by atoms with Gasteiger partial charge in [-0.05, 0) is 33.3 Å². The molecule has 0 aliphatic rings. The maximum Gasteiger partial charge on any atom is 0.148 e. The predicted octanol–water partition coefficient (Wildman–Crippen LogP) is 1.68. The highest BCUT2D eigenvalue weighted by Gasteiger charge is 2.22. The Labute approximate surface area is 79.4 Å². The minimum atomic E-state index is -0.406. The van der Waals surface area contributed by atoms with Crippen LogP contribution in [0.2, 0.25) is 0 Å². The highest BCUT2D eigenvalue weighted by molar-refractivity contribution is 5.13. The predicted molar refractivity (Wildman–Crippen MR) is 53.3 cm³/mol. The number of rotatable bonds is 2. The van der Waals surface area contributed by atoms with Gasteiger partial charge in [0.2, 0.25) is 0 Å². The molecule has 0 spiro atoms. The first-order valence-electron chi connectivity index (χ1n) is 4.57. The summed E-state index contributed by atoms with van der Waals surface area (Å²) in [5.74, 6) is 0.743. The smallest absolute Gasteiger partial charge is 0.148 e. The van der Waals surface area contributed by atoms with Crippen molar-refractivity contribution in [1.82, 2.24) is 9.97 Å². The number of hydrogen-bond acceptors (Lipinski definition) is 3. The van der Waals surface area contributed by atoms with Crippen LogP contribution >= 0.6 is 0 Å². The summed E-state index contributed by atoms with van der Waals surface area (Å²) < 4.78 is 0. The molecule has 0 aromatic carbocycles. The van der Waals surface area contributed by atoms with Crippen LogP contribution in [0.3, 0.4) is 0 Å². The molecule has 0 saturated heterocycles. The lowest BCUT2D eigenvalue weighted by atomic mass is 9.99. The molecule has 0 fully saturated rings. The zero-order valence-electron chi connectivity index (χ0n) is 8.76. The monoisotopic (exact) mass is 179 g/mol. The lowest BCUT2D eigenvalue weighted by Crippen LogP contribution is -2.34. The molecule has 0 saturated carbocycles. The van der Waals surface area contributed by atoms with E-state index in [1.165, 1.54) is 0 Å². The zero-order chi connectivity index (χ0) is 10.1. The molecule has 1 aromatic heterocycles. The Morgan fingerprint density at radius 2 is 1.77 bits per heavy atom. The molecule has 13 heavy (non-hydrogen) atoms. The second-order valence-corrected chi connectivity index (χ2v) is 3.75. The van der Waals surface area contributed by atoms with E-state index in [1.807, 2.05) is 33.8 Å². The van der Waals surface area contributed by atoms with Crippen LogP contribution in [0.15, 0.2) is 6.07 Å². The molecular formula is C10H17N3. The quantitative estimate of drug-likeness (QED) is 0.751. The first-order valence-corrected chi connectivity index (χ1v) is 4.57. The highest BCUT2D eigenvalue weighted by atomic mass is 15.0. The molecule has 1 unspecified atom stereocenters. The number of aromatic nitrogens is 2. The summed E-state index contributed by atoms with van der Waals surface area (Å²) in [5.41, 5.74) is 7.60. The Bertz CT molecular complexity index is 285. The summed E-state index contributed by atoms with van der Waals surface area (Å²) in [6, 6.07) is 1.95. The standard InChI is InChI=1S/C10H17N3/c1-5-10(4,11)9-12-7(2)6-8(3)13-9/h6H,5,11H2,1-4H3. The van der Waals surface area contributed by atoms with Gasteiger partial charge in [0.1, 0.15) is 5.82 Å². The van der Waals surface area contributed by atoms with Gasteiger partial charge >= 0.3 is 0 Å². The molecule has 1 atom stereocenters. The molecule has 0 radical (unpaired) electrons. The van der Waals surface area contributed by atoms with E-state index < -0.39 is 5.54 Å². The third kappa shape index (κ3) is 2.25. The van der Waals surface area contributed by atoms with E-state index in [2.05, 4.69) is 9.97 Å². The molecule has 3 nitrogen and oxygen atoms in total. The van der Waals surface area contributed by atoms with Gasteiger partial charge in [-0.25, -0.2) is 9.97 Å². The van der Waals surface area contributed by atoms with Gasteiger partial charge in [-0.3, -0.25) is 0 Å². The van der Waals surface area contributed by atoms with Crippen molar-refractivity contribution in [2.75, 3.05) is 0 Å². The summed E-state index contributed by atoms with van der Waals surface area (Å²) in [5, 5.41) is 0. The molecule has 1 aromatic rings. The topological polar surface area (TPSA) is 51.8 Å². The van der Waals surface area contributed by atoms with Crippen molar-refractivity contribution >= 4 is 0 Å². The van der Waals surface area contributed by atoms with Crippen molar-refractivity contribution in [2.45, 2.75) is 39.7 Å². The van der Waals surface area contributed by atoms with Gasteiger partial charge in [-0.15, -0.1) is 0 Å². The minimum Gasteiger partial charge on any atom is -0.319 e. The van der Waals surface area contributed by atoms with E-state index in [0.29, 0.717) is 0 Å². The van der Waals surface area contributed by atoms with Crippen molar-refractivity contribution in [3.63, 3.8) is 0 Å². The second kappa shape index (κ2) is 3.42. The lowest BCUT2D eigenvalue weighted by Gasteiger charge is -2.21. The van der Waals surface area contributed by atoms with Gasteiger partial charge in [-0.2, -0.15) is 0 Å². The summed E-state index contributed by atoms with van der Waals surface area (Å²) in [6.07, 6.45) is 0.843. The first kappa shape index (κ1) is 10.1. The van der Waals surface area contributed by atoms with Crippen molar-refractivity contribution in [3.05, 3.63) is 23.3 Å². The molecule has 0 amide bonds. The van der Waals surface area contributed by atoms with Gasteiger partial charge in [0.15, 0.2) is 0 Å². The highest BCUT2D eigenvalue weighted by Crippen LogP contribution is 2.17. The van der Waals surface area contributed by atoms with E-state index >= 15 is 0 Å². The average molecular weight is 179 g/mol. The fraction of sp³-hybridized carbons (Fsp3) is 0.600. The molecular weight excluding hydrogens is 162 g/mol. The summed E-state index contributed by atoms with van der Waals surface area (Å²) >= 11 is 0. The van der Waals surface area contributed by atoms with Gasteiger partial charge in [-0.1, -0.05) is 6.92 Å². The third-order valence-corrected chi connectivity index (χ3v) is 2.23. The van der Waals surface area contributed by atoms with Crippen molar-refractivity contribution in [1.29, 1.82) is 0 Å². The van der Waals surface area contributed by atoms with Gasteiger partial charge < -0.3 is 5.73 Å². The molecule has 72 valence electrons. The largest absolute Gasteiger partial charge is 0.319 e. The van der Waals surface area contributed by atoms with E-state index in [-0.39, 0.29) is 0 Å². The Kier molecular flexibility index (Phi) is 2.66. The molecule has 0 aliphatic carbocycles. The van der Waals surface area contributed by atoms with Crippen LogP contribution in [0.25, 0.3) is 0 Å². The lowest BCUT2D eigenvalue weighted by molar-refractivity contribution is 0.443. The summed E-state index contributed by atoms with van der Waals surface area (Å²) in [7, 11) is 0. The van der Waals surface area contributed by atoms with Crippen LogP contribution in [-0.4, -0.2) is 9.97 Å². The Morgan fingerprint density at radius 3 is 2.15 bits per heavy atom. The summed E-state index contributed by atoms with van der Waals surface area (Å²) in [4.78, 5) is 8.68. The number of aryl methyl sites for hydroxylation is 2. The zero-order valence-corrected chi connectivity index (χ0v) is 8.76. The Hall–Kier alpha value is -0.960. The molecule has 1 heterocycles.